The van der Waals surface area contributed by atoms with Crippen LogP contribution in [0.1, 0.15) is 33.0 Å². The first-order valence-electron chi connectivity index (χ1n) is 6.75. The summed E-state index contributed by atoms with van der Waals surface area (Å²) in [6.07, 6.45) is 3.15. The number of amidine groups is 1. The molecule has 1 rings (SSSR count). The van der Waals surface area contributed by atoms with Crippen LogP contribution in [0, 0.1) is 11.8 Å². The Morgan fingerprint density at radius 2 is 2.20 bits per heavy atom. The fraction of sp³-hybridized carbons (Fsp3) is 0.571. The highest BCUT2D eigenvalue weighted by Gasteiger charge is 2.27. The summed E-state index contributed by atoms with van der Waals surface area (Å²) < 4.78 is 5.25. The van der Waals surface area contributed by atoms with Crippen LogP contribution < -0.4 is 11.1 Å². The summed E-state index contributed by atoms with van der Waals surface area (Å²) in [6, 6.07) is 3.73. The molecular formula is C14H23N3O3. The van der Waals surface area contributed by atoms with E-state index in [1.54, 1.807) is 6.26 Å². The first kappa shape index (κ1) is 16.1. The molecule has 0 fully saturated rings. The molecule has 0 saturated carbocycles. The fourth-order valence-electron chi connectivity index (χ4n) is 2.06. The Kier molecular flexibility index (Phi) is 6.09. The van der Waals surface area contributed by atoms with Gasteiger partial charge >= 0.3 is 0 Å². The summed E-state index contributed by atoms with van der Waals surface area (Å²) in [6.45, 7) is 5.64. The maximum Gasteiger partial charge on any atom is 0.231 e. The lowest BCUT2D eigenvalue weighted by Crippen LogP contribution is -2.45. The van der Waals surface area contributed by atoms with Crippen LogP contribution in [0.2, 0.25) is 0 Å². The molecule has 4 N–H and O–H groups in total. The third kappa shape index (κ3) is 4.60. The van der Waals surface area contributed by atoms with E-state index in [1.165, 1.54) is 0 Å². The Hall–Kier alpha value is -1.98. The van der Waals surface area contributed by atoms with Crippen molar-refractivity contribution in [3.05, 3.63) is 24.2 Å². The van der Waals surface area contributed by atoms with Crippen molar-refractivity contribution < 1.29 is 14.4 Å². The minimum absolute atomic E-state index is 0.0136. The average molecular weight is 281 g/mol. The highest BCUT2D eigenvalue weighted by atomic mass is 16.4. The second-order valence-electron chi connectivity index (χ2n) is 5.27. The van der Waals surface area contributed by atoms with Crippen LogP contribution in [0.4, 0.5) is 0 Å². The lowest BCUT2D eigenvalue weighted by molar-refractivity contribution is -0.124. The number of hydrogen-bond acceptors (Lipinski definition) is 4. The maximum absolute atomic E-state index is 12.2. The zero-order valence-corrected chi connectivity index (χ0v) is 12.2. The SMILES string of the molecule is CC(CCc1ccco1)NC(=O)C(C(N)=NO)C(C)C. The van der Waals surface area contributed by atoms with Crippen LogP contribution in [0.25, 0.3) is 0 Å². The number of amides is 1. The normalized spacial score (nSPS) is 15.1. The van der Waals surface area contributed by atoms with Crippen LogP contribution in [0.3, 0.4) is 0 Å². The predicted octanol–water partition coefficient (Wildman–Crippen LogP) is 1.74. The molecule has 1 aromatic rings. The molecule has 1 amide bonds. The van der Waals surface area contributed by atoms with Gasteiger partial charge in [-0.25, -0.2) is 0 Å². The van der Waals surface area contributed by atoms with Crippen LogP contribution in [0.15, 0.2) is 28.0 Å². The molecule has 0 radical (unpaired) electrons. The highest BCUT2D eigenvalue weighted by molar-refractivity contribution is 6.02. The van der Waals surface area contributed by atoms with Crippen molar-refractivity contribution in [3.8, 4) is 0 Å². The smallest absolute Gasteiger partial charge is 0.231 e. The first-order valence-corrected chi connectivity index (χ1v) is 6.75. The molecule has 6 nitrogen and oxygen atoms in total. The third-order valence-electron chi connectivity index (χ3n) is 3.18. The molecule has 0 aliphatic carbocycles. The van der Waals surface area contributed by atoms with Crippen LogP contribution in [0.5, 0.6) is 0 Å². The lowest BCUT2D eigenvalue weighted by Gasteiger charge is -2.21. The molecule has 1 heterocycles. The van der Waals surface area contributed by atoms with Gasteiger partial charge in [-0.3, -0.25) is 4.79 Å². The summed E-state index contributed by atoms with van der Waals surface area (Å²) in [5.41, 5.74) is 5.57. The second-order valence-corrected chi connectivity index (χ2v) is 5.27. The van der Waals surface area contributed by atoms with E-state index in [2.05, 4.69) is 10.5 Å². The van der Waals surface area contributed by atoms with Crippen molar-refractivity contribution in [1.82, 2.24) is 5.32 Å². The molecule has 0 aliphatic heterocycles. The Labute approximate surface area is 119 Å². The number of carbonyl (C=O) groups excluding carboxylic acids is 1. The van der Waals surface area contributed by atoms with Crippen LogP contribution >= 0.6 is 0 Å². The van der Waals surface area contributed by atoms with Gasteiger partial charge in [0.25, 0.3) is 0 Å². The summed E-state index contributed by atoms with van der Waals surface area (Å²) in [7, 11) is 0. The van der Waals surface area contributed by atoms with Crippen LogP contribution in [-0.2, 0) is 11.2 Å². The number of hydrogen-bond donors (Lipinski definition) is 3. The molecule has 112 valence electrons. The van der Waals surface area contributed by atoms with Gasteiger partial charge in [-0.15, -0.1) is 0 Å². The lowest BCUT2D eigenvalue weighted by atomic mass is 9.93. The number of rotatable bonds is 7. The molecule has 0 spiro atoms. The number of oxime groups is 1. The zero-order valence-electron chi connectivity index (χ0n) is 12.2. The van der Waals surface area contributed by atoms with Crippen LogP contribution in [-0.4, -0.2) is 23.0 Å². The average Bonchev–Trinajstić information content (AvgIpc) is 2.88. The van der Waals surface area contributed by atoms with Crippen molar-refractivity contribution in [2.24, 2.45) is 22.7 Å². The molecule has 0 aromatic carbocycles. The van der Waals surface area contributed by atoms with Crippen molar-refractivity contribution in [3.63, 3.8) is 0 Å². The molecule has 0 bridgehead atoms. The number of aryl methyl sites for hydroxylation is 1. The number of carbonyl (C=O) groups is 1. The number of furan rings is 1. The quantitative estimate of drug-likeness (QED) is 0.306. The summed E-state index contributed by atoms with van der Waals surface area (Å²) >= 11 is 0. The van der Waals surface area contributed by atoms with Gasteiger partial charge in [0.2, 0.25) is 5.91 Å². The number of nitrogens with zero attached hydrogens (tertiary/aromatic N) is 1. The van der Waals surface area contributed by atoms with Gasteiger partial charge in [-0.05, 0) is 31.4 Å². The Bertz CT molecular complexity index is 441. The van der Waals surface area contributed by atoms with Gasteiger partial charge in [-0.1, -0.05) is 19.0 Å². The van der Waals surface area contributed by atoms with Gasteiger partial charge in [0, 0.05) is 12.5 Å². The summed E-state index contributed by atoms with van der Waals surface area (Å²) in [4.78, 5) is 12.2. The third-order valence-corrected chi connectivity index (χ3v) is 3.18. The Morgan fingerprint density at radius 1 is 1.50 bits per heavy atom. The first-order chi connectivity index (χ1) is 9.45. The zero-order chi connectivity index (χ0) is 15.1. The van der Waals surface area contributed by atoms with E-state index in [1.807, 2.05) is 32.9 Å². The highest BCUT2D eigenvalue weighted by Crippen LogP contribution is 2.12. The van der Waals surface area contributed by atoms with Crippen molar-refractivity contribution in [2.75, 3.05) is 0 Å². The minimum atomic E-state index is -0.619. The number of nitrogens with one attached hydrogen (secondary N) is 1. The van der Waals surface area contributed by atoms with Gasteiger partial charge in [-0.2, -0.15) is 0 Å². The van der Waals surface area contributed by atoms with Crippen molar-refractivity contribution in [1.29, 1.82) is 0 Å². The predicted molar refractivity (Wildman–Crippen MR) is 76.4 cm³/mol. The van der Waals surface area contributed by atoms with E-state index < -0.39 is 5.92 Å². The van der Waals surface area contributed by atoms with Gasteiger partial charge in [0.05, 0.1) is 6.26 Å². The maximum atomic E-state index is 12.2. The van der Waals surface area contributed by atoms with Crippen molar-refractivity contribution >= 4 is 11.7 Å². The number of nitrogens with two attached hydrogens (primary N) is 1. The molecule has 6 heteroatoms. The van der Waals surface area contributed by atoms with Gasteiger partial charge < -0.3 is 20.7 Å². The van der Waals surface area contributed by atoms with E-state index in [0.717, 1.165) is 18.6 Å². The van der Waals surface area contributed by atoms with Gasteiger partial charge in [0.1, 0.15) is 11.7 Å². The molecule has 20 heavy (non-hydrogen) atoms. The van der Waals surface area contributed by atoms with E-state index in [-0.39, 0.29) is 23.7 Å². The molecule has 2 unspecified atom stereocenters. The topological polar surface area (TPSA) is 101 Å². The van der Waals surface area contributed by atoms with Gasteiger partial charge in [0.15, 0.2) is 5.84 Å². The van der Waals surface area contributed by atoms with E-state index in [4.69, 9.17) is 15.4 Å². The second kappa shape index (κ2) is 7.57. The molecular weight excluding hydrogens is 258 g/mol. The summed E-state index contributed by atoms with van der Waals surface area (Å²) in [5, 5.41) is 14.6. The largest absolute Gasteiger partial charge is 0.469 e. The Morgan fingerprint density at radius 3 is 2.70 bits per heavy atom. The molecule has 0 aliphatic rings. The summed E-state index contributed by atoms with van der Waals surface area (Å²) in [5.74, 6) is -0.0461. The minimum Gasteiger partial charge on any atom is -0.469 e. The van der Waals surface area contributed by atoms with E-state index in [9.17, 15) is 4.79 Å². The molecule has 2 atom stereocenters. The Balaban J connectivity index is 2.50. The monoisotopic (exact) mass is 281 g/mol. The standard InChI is InChI=1S/C14H23N3O3/c1-9(2)12(13(15)17-19)14(18)16-10(3)6-7-11-5-4-8-20-11/h4-5,8-10,12,19H,6-7H2,1-3H3,(H2,15,17)(H,16,18). The molecule has 1 aromatic heterocycles. The van der Waals surface area contributed by atoms with Crippen molar-refractivity contribution in [2.45, 2.75) is 39.7 Å². The molecule has 0 saturated heterocycles. The van der Waals surface area contributed by atoms with E-state index >= 15 is 0 Å². The van der Waals surface area contributed by atoms with E-state index in [0.29, 0.717) is 0 Å². The fourth-order valence-corrected chi connectivity index (χ4v) is 2.06.